The summed E-state index contributed by atoms with van der Waals surface area (Å²) in [4.78, 5) is 18.6. The maximum Gasteiger partial charge on any atom is 0.332 e. The first-order valence-corrected chi connectivity index (χ1v) is 6.73. The molecule has 0 atom stereocenters. The third kappa shape index (κ3) is 6.54. The van der Waals surface area contributed by atoms with E-state index >= 15 is 0 Å². The monoisotopic (exact) mass is 189 g/mol. The molecule has 0 unspecified atom stereocenters. The summed E-state index contributed by atoms with van der Waals surface area (Å²) in [5.41, 5.74) is 5.28. The van der Waals surface area contributed by atoms with Crippen LogP contribution in [0.25, 0.3) is 0 Å². The molecule has 0 heterocycles. The van der Waals surface area contributed by atoms with Gasteiger partial charge in [0.25, 0.3) is 0 Å². The number of hydrogen-bond donors (Lipinski definition) is 3. The van der Waals surface area contributed by atoms with Crippen LogP contribution in [0.15, 0.2) is 12.2 Å². The lowest BCUT2D eigenvalue weighted by Gasteiger charge is -2.13. The van der Waals surface area contributed by atoms with Gasteiger partial charge < -0.3 is 15.3 Å². The minimum atomic E-state index is -2.82. The third-order valence-corrected chi connectivity index (χ3v) is 4.00. The van der Waals surface area contributed by atoms with Crippen LogP contribution in [-0.2, 0) is 0 Å². The Balaban J connectivity index is 3.42. The van der Waals surface area contributed by atoms with Gasteiger partial charge in [-0.15, -0.1) is 0 Å². The van der Waals surface area contributed by atoms with E-state index in [1.54, 1.807) is 0 Å². The fourth-order valence-electron chi connectivity index (χ4n) is 0.823. The predicted octanol–water partition coefficient (Wildman–Crippen LogP) is 0.728. The average molecular weight is 189 g/mol. The van der Waals surface area contributed by atoms with Crippen molar-refractivity contribution in [1.29, 1.82) is 0 Å². The molecular weight excluding hydrogens is 170 g/mol. The summed E-state index contributed by atoms with van der Waals surface area (Å²) in [5.74, 6) is 0. The zero-order chi connectivity index (χ0) is 9.45. The van der Waals surface area contributed by atoms with E-state index in [4.69, 9.17) is 5.73 Å². The fraction of sp³-hybridized carbons (Fsp3) is 0.750. The molecule has 0 aliphatic carbocycles. The summed E-state index contributed by atoms with van der Waals surface area (Å²) < 4.78 is 0. The molecule has 12 heavy (non-hydrogen) atoms. The Labute approximate surface area is 75.2 Å². The molecule has 0 spiro atoms. The molecular formula is C8H19NO2Si. The van der Waals surface area contributed by atoms with Gasteiger partial charge in [-0.05, 0) is 31.5 Å². The molecule has 0 rings (SSSR count). The van der Waals surface area contributed by atoms with E-state index in [0.29, 0.717) is 18.6 Å². The highest BCUT2D eigenvalue weighted by molar-refractivity contribution is 6.64. The molecule has 4 heteroatoms. The van der Waals surface area contributed by atoms with Crippen molar-refractivity contribution in [3.8, 4) is 0 Å². The van der Waals surface area contributed by atoms with Crippen molar-refractivity contribution in [1.82, 2.24) is 0 Å². The maximum absolute atomic E-state index is 9.32. The highest BCUT2D eigenvalue weighted by atomic mass is 28.4. The van der Waals surface area contributed by atoms with Crippen LogP contribution in [0.1, 0.15) is 19.8 Å². The molecule has 3 nitrogen and oxygen atoms in total. The molecule has 0 aromatic rings. The van der Waals surface area contributed by atoms with Gasteiger partial charge >= 0.3 is 8.56 Å². The minimum absolute atomic E-state index is 0.512. The van der Waals surface area contributed by atoms with Crippen molar-refractivity contribution < 1.29 is 9.59 Å². The van der Waals surface area contributed by atoms with E-state index in [9.17, 15) is 9.59 Å². The second-order valence-electron chi connectivity index (χ2n) is 2.92. The smallest absolute Gasteiger partial charge is 0.332 e. The third-order valence-electron chi connectivity index (χ3n) is 1.78. The highest BCUT2D eigenvalue weighted by Gasteiger charge is 2.24. The van der Waals surface area contributed by atoms with Crippen LogP contribution >= 0.6 is 0 Å². The number of nitrogens with two attached hydrogens (primary N) is 1. The van der Waals surface area contributed by atoms with E-state index in [2.05, 4.69) is 0 Å². The van der Waals surface area contributed by atoms with Crippen LogP contribution in [0.2, 0.25) is 12.1 Å². The van der Waals surface area contributed by atoms with Gasteiger partial charge in [0.1, 0.15) is 0 Å². The molecule has 0 saturated carbocycles. The summed E-state index contributed by atoms with van der Waals surface area (Å²) in [6, 6.07) is 1.04. The first kappa shape index (κ1) is 11.8. The first-order chi connectivity index (χ1) is 5.62. The second kappa shape index (κ2) is 6.36. The Morgan fingerprint density at radius 2 is 1.83 bits per heavy atom. The summed E-state index contributed by atoms with van der Waals surface area (Å²) in [5, 5.41) is 0. The van der Waals surface area contributed by atoms with Gasteiger partial charge in [0.2, 0.25) is 0 Å². The zero-order valence-electron chi connectivity index (χ0n) is 7.66. The van der Waals surface area contributed by atoms with Crippen LogP contribution in [-0.4, -0.2) is 24.7 Å². The standard InChI is InChI=1S/C8H19NO2Si/c1-2-12(10,11)8-6-4-3-5-7-9/h3-4,10-11H,2,5-9H2,1H3/b4-3+. The lowest BCUT2D eigenvalue weighted by Crippen LogP contribution is -2.32. The van der Waals surface area contributed by atoms with Crippen LogP contribution in [0.3, 0.4) is 0 Å². The molecule has 0 aliphatic rings. The van der Waals surface area contributed by atoms with Gasteiger partial charge in [-0.1, -0.05) is 19.1 Å². The Bertz CT molecular complexity index is 137. The topological polar surface area (TPSA) is 66.5 Å². The molecule has 0 amide bonds. The molecule has 0 aliphatic heterocycles. The van der Waals surface area contributed by atoms with Gasteiger partial charge in [0.15, 0.2) is 0 Å². The van der Waals surface area contributed by atoms with Crippen LogP contribution in [0.4, 0.5) is 0 Å². The van der Waals surface area contributed by atoms with Crippen molar-refractivity contribution >= 4 is 8.56 Å². The number of allylic oxidation sites excluding steroid dienone is 1. The van der Waals surface area contributed by atoms with E-state index < -0.39 is 8.56 Å². The molecule has 0 fully saturated rings. The van der Waals surface area contributed by atoms with Gasteiger partial charge in [0, 0.05) is 0 Å². The van der Waals surface area contributed by atoms with E-state index in [1.807, 2.05) is 19.1 Å². The van der Waals surface area contributed by atoms with Crippen molar-refractivity contribution in [3.05, 3.63) is 12.2 Å². The number of hydrogen-bond acceptors (Lipinski definition) is 3. The van der Waals surface area contributed by atoms with Gasteiger partial charge in [-0.2, -0.15) is 0 Å². The average Bonchev–Trinajstić information content (AvgIpc) is 2.04. The molecule has 0 saturated heterocycles. The predicted molar refractivity (Wildman–Crippen MR) is 52.9 cm³/mol. The largest absolute Gasteiger partial charge is 0.411 e. The minimum Gasteiger partial charge on any atom is -0.411 e. The van der Waals surface area contributed by atoms with Crippen molar-refractivity contribution in [3.63, 3.8) is 0 Å². The van der Waals surface area contributed by atoms with Gasteiger partial charge in [0.05, 0.1) is 0 Å². The fourth-order valence-corrected chi connectivity index (χ4v) is 1.81. The Morgan fingerprint density at radius 1 is 1.25 bits per heavy atom. The molecule has 72 valence electrons. The quantitative estimate of drug-likeness (QED) is 0.426. The normalized spacial score (nSPS) is 12.7. The van der Waals surface area contributed by atoms with Gasteiger partial charge in [-0.3, -0.25) is 0 Å². The summed E-state index contributed by atoms with van der Waals surface area (Å²) in [7, 11) is -2.82. The van der Waals surface area contributed by atoms with Crippen molar-refractivity contribution in [2.24, 2.45) is 5.73 Å². The first-order valence-electron chi connectivity index (χ1n) is 4.42. The summed E-state index contributed by atoms with van der Waals surface area (Å²) >= 11 is 0. The summed E-state index contributed by atoms with van der Waals surface area (Å²) in [6.07, 6.45) is 5.58. The van der Waals surface area contributed by atoms with Crippen molar-refractivity contribution in [2.75, 3.05) is 6.54 Å². The lowest BCUT2D eigenvalue weighted by molar-refractivity contribution is 0.360. The molecule has 0 bridgehead atoms. The zero-order valence-corrected chi connectivity index (χ0v) is 8.66. The molecule has 0 radical (unpaired) electrons. The molecule has 0 aromatic carbocycles. The Hall–Kier alpha value is -0.163. The van der Waals surface area contributed by atoms with Crippen molar-refractivity contribution in [2.45, 2.75) is 31.9 Å². The second-order valence-corrected chi connectivity index (χ2v) is 6.10. The SMILES string of the molecule is CC[Si](O)(O)CC/C=C/CCN. The molecule has 0 aromatic heterocycles. The Kier molecular flexibility index (Phi) is 6.28. The van der Waals surface area contributed by atoms with Crippen LogP contribution in [0.5, 0.6) is 0 Å². The Morgan fingerprint density at radius 3 is 2.33 bits per heavy atom. The maximum atomic E-state index is 9.32. The van der Waals surface area contributed by atoms with Crippen LogP contribution in [0, 0.1) is 0 Å². The highest BCUT2D eigenvalue weighted by Crippen LogP contribution is 2.10. The van der Waals surface area contributed by atoms with Crippen LogP contribution < -0.4 is 5.73 Å². The number of rotatable bonds is 6. The van der Waals surface area contributed by atoms with E-state index in [-0.39, 0.29) is 0 Å². The summed E-state index contributed by atoms with van der Waals surface area (Å²) in [6.45, 7) is 2.47. The lowest BCUT2D eigenvalue weighted by atomic mass is 10.3. The molecule has 4 N–H and O–H groups in total. The van der Waals surface area contributed by atoms with E-state index in [0.717, 1.165) is 12.8 Å². The van der Waals surface area contributed by atoms with E-state index in [1.165, 1.54) is 0 Å². The van der Waals surface area contributed by atoms with Gasteiger partial charge in [-0.25, -0.2) is 0 Å².